The van der Waals surface area contributed by atoms with Crippen LogP contribution in [0.3, 0.4) is 0 Å². The van der Waals surface area contributed by atoms with Crippen LogP contribution in [0.2, 0.25) is 4.71 Å². The SMILES string of the molecule is C#CCOC(=O)C([AsH2])Cc1ccc(OCC#C)cc1. The molecule has 2 atom stereocenters. The summed E-state index contributed by atoms with van der Waals surface area (Å²) in [5.74, 6) is 5.13. The molecule has 0 aliphatic heterocycles. The van der Waals surface area contributed by atoms with Crippen LogP contribution in [0.1, 0.15) is 5.56 Å². The third-order valence-corrected chi connectivity index (χ3v) is 3.37. The first-order chi connectivity index (χ1) is 9.17. The number of hydrogen-bond acceptors (Lipinski definition) is 3. The Hall–Kier alpha value is -1.83. The molecular formula is C15H15AsO3. The summed E-state index contributed by atoms with van der Waals surface area (Å²) in [4.78, 5) is 11.6. The van der Waals surface area contributed by atoms with Gasteiger partial charge in [-0.05, 0) is 0 Å². The molecule has 0 saturated heterocycles. The third-order valence-electron chi connectivity index (χ3n) is 2.30. The fraction of sp³-hybridized carbons (Fsp3) is 0.267. The molecule has 1 aromatic rings. The Bertz CT molecular complexity index is 494. The molecule has 0 N–H and O–H groups in total. The van der Waals surface area contributed by atoms with Crippen molar-refractivity contribution in [2.75, 3.05) is 13.2 Å². The van der Waals surface area contributed by atoms with Crippen LogP contribution in [0.4, 0.5) is 0 Å². The number of benzene rings is 1. The van der Waals surface area contributed by atoms with Gasteiger partial charge in [0.2, 0.25) is 0 Å². The second kappa shape index (κ2) is 8.30. The normalized spacial score (nSPS) is 10.9. The van der Waals surface area contributed by atoms with Crippen molar-refractivity contribution in [1.29, 1.82) is 0 Å². The van der Waals surface area contributed by atoms with E-state index in [1.165, 1.54) is 16.9 Å². The number of terminal acetylenes is 2. The zero-order valence-corrected chi connectivity index (χ0v) is 12.9. The minimum absolute atomic E-state index is 0.0259. The Balaban J connectivity index is 2.51. The number of carbonyl (C=O) groups excluding carboxylic acids is 1. The van der Waals surface area contributed by atoms with Gasteiger partial charge in [-0.15, -0.1) is 0 Å². The molecule has 1 aromatic carbocycles. The van der Waals surface area contributed by atoms with Gasteiger partial charge in [0, 0.05) is 0 Å². The summed E-state index contributed by atoms with van der Waals surface area (Å²) in [5.41, 5.74) is 1.04. The zero-order valence-electron chi connectivity index (χ0n) is 10.5. The van der Waals surface area contributed by atoms with E-state index in [9.17, 15) is 4.79 Å². The van der Waals surface area contributed by atoms with Crippen LogP contribution in [0.5, 0.6) is 5.75 Å². The van der Waals surface area contributed by atoms with Crippen molar-refractivity contribution in [2.24, 2.45) is 0 Å². The molecule has 0 aromatic heterocycles. The molecular weight excluding hydrogens is 303 g/mol. The second-order valence-electron chi connectivity index (χ2n) is 3.76. The topological polar surface area (TPSA) is 35.5 Å². The molecule has 0 heterocycles. The number of esters is 1. The van der Waals surface area contributed by atoms with Gasteiger partial charge in [-0.1, -0.05) is 0 Å². The summed E-state index contributed by atoms with van der Waals surface area (Å²) >= 11 is 1.32. The molecule has 0 fully saturated rings. The van der Waals surface area contributed by atoms with Crippen molar-refractivity contribution in [1.82, 2.24) is 0 Å². The van der Waals surface area contributed by atoms with Crippen LogP contribution >= 0.6 is 0 Å². The summed E-state index contributed by atoms with van der Waals surface area (Å²) in [6.45, 7) is 0.273. The summed E-state index contributed by atoms with van der Waals surface area (Å²) < 4.78 is 10.00. The van der Waals surface area contributed by atoms with E-state index in [2.05, 4.69) is 11.8 Å². The Morgan fingerprint density at radius 3 is 2.42 bits per heavy atom. The summed E-state index contributed by atoms with van der Waals surface area (Å²) in [5, 5.41) is 0. The van der Waals surface area contributed by atoms with Gasteiger partial charge in [0.15, 0.2) is 0 Å². The Morgan fingerprint density at radius 1 is 1.21 bits per heavy atom. The van der Waals surface area contributed by atoms with Crippen LogP contribution in [0.15, 0.2) is 24.3 Å². The standard InChI is InChI=1S/C15H15AsO3/c1-3-9-18-13-7-5-12(6-8-13)11-14(16)15(17)19-10-4-2/h1-2,5-8,14H,9-11,16H2. The van der Waals surface area contributed by atoms with Gasteiger partial charge >= 0.3 is 122 Å². The van der Waals surface area contributed by atoms with E-state index in [4.69, 9.17) is 22.3 Å². The van der Waals surface area contributed by atoms with Crippen molar-refractivity contribution in [3.63, 3.8) is 0 Å². The van der Waals surface area contributed by atoms with Gasteiger partial charge in [-0.25, -0.2) is 0 Å². The molecule has 0 spiro atoms. The first-order valence-corrected chi connectivity index (χ1v) is 7.08. The Morgan fingerprint density at radius 2 is 1.84 bits per heavy atom. The van der Waals surface area contributed by atoms with E-state index in [1.54, 1.807) is 0 Å². The molecule has 1 rings (SSSR count). The molecule has 19 heavy (non-hydrogen) atoms. The molecule has 0 saturated carbocycles. The van der Waals surface area contributed by atoms with Crippen LogP contribution in [-0.4, -0.2) is 36.0 Å². The molecule has 0 aliphatic carbocycles. The summed E-state index contributed by atoms with van der Waals surface area (Å²) in [6.07, 6.45) is 10.8. The average Bonchev–Trinajstić information content (AvgIpc) is 2.43. The number of ether oxygens (including phenoxy) is 2. The third kappa shape index (κ3) is 5.56. The van der Waals surface area contributed by atoms with Gasteiger partial charge in [-0.2, -0.15) is 0 Å². The zero-order chi connectivity index (χ0) is 14.1. The van der Waals surface area contributed by atoms with Crippen LogP contribution < -0.4 is 4.74 Å². The quantitative estimate of drug-likeness (QED) is 0.443. The van der Waals surface area contributed by atoms with Crippen molar-refractivity contribution >= 4 is 22.8 Å². The van der Waals surface area contributed by atoms with Gasteiger partial charge < -0.3 is 0 Å². The number of hydrogen-bond donors (Lipinski definition) is 0. The van der Waals surface area contributed by atoms with E-state index in [0.29, 0.717) is 6.42 Å². The van der Waals surface area contributed by atoms with E-state index in [-0.39, 0.29) is 23.9 Å². The van der Waals surface area contributed by atoms with Crippen LogP contribution in [0, 0.1) is 24.7 Å². The second-order valence-corrected chi connectivity index (χ2v) is 5.45. The molecule has 4 heteroatoms. The van der Waals surface area contributed by atoms with Crippen molar-refractivity contribution in [2.45, 2.75) is 11.1 Å². The fourth-order valence-electron chi connectivity index (χ4n) is 1.40. The predicted octanol–water partition coefficient (Wildman–Crippen LogP) is 0.839. The molecule has 3 nitrogen and oxygen atoms in total. The van der Waals surface area contributed by atoms with Gasteiger partial charge in [0.25, 0.3) is 0 Å². The summed E-state index contributed by atoms with van der Waals surface area (Å²) in [6, 6.07) is 7.48. The Labute approximate surface area is 122 Å². The molecule has 0 radical (unpaired) electrons. The molecule has 0 aliphatic rings. The maximum atomic E-state index is 11.6. The first-order valence-electron chi connectivity index (χ1n) is 5.68. The van der Waals surface area contributed by atoms with Crippen molar-refractivity contribution < 1.29 is 14.3 Å². The van der Waals surface area contributed by atoms with E-state index >= 15 is 0 Å². The fourth-order valence-corrected chi connectivity index (χ4v) is 2.18. The molecule has 0 bridgehead atoms. The Kier molecular flexibility index (Phi) is 6.65. The van der Waals surface area contributed by atoms with E-state index in [1.807, 2.05) is 24.3 Å². The molecule has 98 valence electrons. The van der Waals surface area contributed by atoms with E-state index in [0.717, 1.165) is 11.3 Å². The van der Waals surface area contributed by atoms with Crippen LogP contribution in [0.25, 0.3) is 0 Å². The van der Waals surface area contributed by atoms with Gasteiger partial charge in [0.1, 0.15) is 0 Å². The van der Waals surface area contributed by atoms with Gasteiger partial charge in [0.05, 0.1) is 0 Å². The average molecular weight is 318 g/mol. The molecule has 2 unspecified atom stereocenters. The van der Waals surface area contributed by atoms with E-state index < -0.39 is 0 Å². The molecule has 0 amide bonds. The monoisotopic (exact) mass is 318 g/mol. The van der Waals surface area contributed by atoms with Crippen molar-refractivity contribution in [3.05, 3.63) is 29.8 Å². The summed E-state index contributed by atoms with van der Waals surface area (Å²) in [7, 11) is 0. The number of rotatable bonds is 6. The van der Waals surface area contributed by atoms with Crippen molar-refractivity contribution in [3.8, 4) is 30.4 Å². The van der Waals surface area contributed by atoms with Crippen LogP contribution in [-0.2, 0) is 16.0 Å². The first kappa shape index (κ1) is 15.2. The number of carbonyl (C=O) groups is 1. The maximum absolute atomic E-state index is 11.6. The predicted molar refractivity (Wildman–Crippen MR) is 76.6 cm³/mol. The van der Waals surface area contributed by atoms with Gasteiger partial charge in [-0.3, -0.25) is 0 Å². The minimum atomic E-state index is -0.259.